The summed E-state index contributed by atoms with van der Waals surface area (Å²) >= 11 is 0. The molecule has 0 aliphatic heterocycles. The van der Waals surface area contributed by atoms with Gasteiger partial charge in [0.25, 0.3) is 0 Å². The highest BCUT2D eigenvalue weighted by Crippen LogP contribution is 2.21. The zero-order valence-corrected chi connectivity index (χ0v) is 12.0. The maximum absolute atomic E-state index is 5.93. The quantitative estimate of drug-likeness (QED) is 0.712. The predicted molar refractivity (Wildman–Crippen MR) is 77.7 cm³/mol. The average Bonchev–Trinajstić information content (AvgIpc) is 2.81. The van der Waals surface area contributed by atoms with E-state index in [9.17, 15) is 0 Å². The molecule has 2 fully saturated rings. The predicted octanol–water partition coefficient (Wildman–Crippen LogP) is 2.11. The van der Waals surface area contributed by atoms with Gasteiger partial charge < -0.3 is 16.0 Å². The van der Waals surface area contributed by atoms with Crippen LogP contribution in [0.2, 0.25) is 0 Å². The fraction of sp³-hybridized carbons (Fsp3) is 1.00. The summed E-state index contributed by atoms with van der Waals surface area (Å²) in [6.45, 7) is 2.41. The fourth-order valence-corrected chi connectivity index (χ4v) is 3.54. The lowest BCUT2D eigenvalue weighted by molar-refractivity contribution is 0.189. The van der Waals surface area contributed by atoms with Crippen LogP contribution in [0.4, 0.5) is 0 Å². The van der Waals surface area contributed by atoms with Crippen LogP contribution in [0.3, 0.4) is 0 Å². The molecular weight excluding hydrogens is 222 g/mol. The highest BCUT2D eigenvalue weighted by Gasteiger charge is 2.21. The summed E-state index contributed by atoms with van der Waals surface area (Å²) in [5.74, 6) is 0. The molecule has 0 aromatic heterocycles. The highest BCUT2D eigenvalue weighted by molar-refractivity contribution is 4.82. The summed E-state index contributed by atoms with van der Waals surface area (Å²) in [5.41, 5.74) is 5.93. The Morgan fingerprint density at radius 3 is 2.56 bits per heavy atom. The molecule has 18 heavy (non-hydrogen) atoms. The maximum Gasteiger partial charge on any atom is 0.00922 e. The molecule has 2 aliphatic carbocycles. The van der Waals surface area contributed by atoms with Crippen molar-refractivity contribution >= 4 is 0 Å². The molecule has 2 rings (SSSR count). The molecular formula is C15H31N3. The van der Waals surface area contributed by atoms with Crippen LogP contribution >= 0.6 is 0 Å². The van der Waals surface area contributed by atoms with Gasteiger partial charge in [0.2, 0.25) is 0 Å². The second-order valence-corrected chi connectivity index (χ2v) is 6.35. The van der Waals surface area contributed by atoms with Crippen molar-refractivity contribution in [2.45, 2.75) is 75.9 Å². The first kappa shape index (κ1) is 14.3. The number of nitrogens with zero attached hydrogens (tertiary/aromatic N) is 1. The van der Waals surface area contributed by atoms with E-state index in [1.807, 2.05) is 0 Å². The Morgan fingerprint density at radius 1 is 1.11 bits per heavy atom. The number of hydrogen-bond donors (Lipinski definition) is 2. The van der Waals surface area contributed by atoms with Crippen molar-refractivity contribution in [1.29, 1.82) is 0 Å². The number of nitrogens with two attached hydrogens (primary N) is 1. The normalized spacial score (nSPS) is 30.2. The van der Waals surface area contributed by atoms with Gasteiger partial charge in [-0.25, -0.2) is 0 Å². The molecule has 106 valence electrons. The van der Waals surface area contributed by atoms with Gasteiger partial charge in [-0.15, -0.1) is 0 Å². The van der Waals surface area contributed by atoms with Crippen molar-refractivity contribution in [3.63, 3.8) is 0 Å². The van der Waals surface area contributed by atoms with Crippen LogP contribution in [0.25, 0.3) is 0 Å². The van der Waals surface area contributed by atoms with Crippen molar-refractivity contribution in [2.75, 3.05) is 20.1 Å². The van der Waals surface area contributed by atoms with Crippen LogP contribution < -0.4 is 11.1 Å². The van der Waals surface area contributed by atoms with Crippen LogP contribution in [0, 0.1) is 0 Å². The lowest BCUT2D eigenvalue weighted by Gasteiger charge is -2.31. The van der Waals surface area contributed by atoms with Crippen LogP contribution in [0.15, 0.2) is 0 Å². The van der Waals surface area contributed by atoms with E-state index in [0.29, 0.717) is 12.1 Å². The van der Waals surface area contributed by atoms with Crippen molar-refractivity contribution in [2.24, 2.45) is 5.73 Å². The first-order chi connectivity index (χ1) is 8.75. The van der Waals surface area contributed by atoms with Gasteiger partial charge >= 0.3 is 0 Å². The molecule has 3 heteroatoms. The topological polar surface area (TPSA) is 41.3 Å². The van der Waals surface area contributed by atoms with Crippen LogP contribution in [0.5, 0.6) is 0 Å². The van der Waals surface area contributed by atoms with Crippen molar-refractivity contribution < 1.29 is 0 Å². The van der Waals surface area contributed by atoms with E-state index in [2.05, 4.69) is 17.3 Å². The Hall–Kier alpha value is -0.120. The average molecular weight is 253 g/mol. The zero-order valence-electron chi connectivity index (χ0n) is 12.0. The Bertz CT molecular complexity index is 226. The molecule has 2 atom stereocenters. The molecule has 2 unspecified atom stereocenters. The summed E-state index contributed by atoms with van der Waals surface area (Å²) in [5, 5.41) is 3.66. The van der Waals surface area contributed by atoms with Crippen LogP contribution in [-0.2, 0) is 0 Å². The second kappa shape index (κ2) is 7.46. The summed E-state index contributed by atoms with van der Waals surface area (Å²) in [6, 6.07) is 2.01. The van der Waals surface area contributed by atoms with Crippen LogP contribution in [-0.4, -0.2) is 43.2 Å². The van der Waals surface area contributed by atoms with Crippen molar-refractivity contribution in [1.82, 2.24) is 10.2 Å². The first-order valence-corrected chi connectivity index (χ1v) is 7.95. The molecule has 2 saturated carbocycles. The minimum atomic E-state index is 0.451. The molecule has 0 aromatic rings. The summed E-state index contributed by atoms with van der Waals surface area (Å²) in [7, 11) is 2.31. The van der Waals surface area contributed by atoms with E-state index in [1.165, 1.54) is 64.3 Å². The molecule has 0 aromatic carbocycles. The maximum atomic E-state index is 5.93. The molecule has 3 nitrogen and oxygen atoms in total. The summed E-state index contributed by atoms with van der Waals surface area (Å²) in [6.07, 6.45) is 12.1. The van der Waals surface area contributed by atoms with Gasteiger partial charge in [0.1, 0.15) is 0 Å². The molecule has 3 N–H and O–H groups in total. The van der Waals surface area contributed by atoms with Gasteiger partial charge in [0, 0.05) is 18.1 Å². The van der Waals surface area contributed by atoms with Gasteiger partial charge in [-0.1, -0.05) is 19.3 Å². The highest BCUT2D eigenvalue weighted by atomic mass is 15.1. The smallest absolute Gasteiger partial charge is 0.00922 e. The Kier molecular flexibility index (Phi) is 5.93. The third-order valence-electron chi connectivity index (χ3n) is 4.79. The molecule has 0 heterocycles. The van der Waals surface area contributed by atoms with E-state index in [4.69, 9.17) is 5.73 Å². The standard InChI is InChI=1S/C15H31N3/c1-18(15-6-3-2-4-7-15)11-5-10-17-14-9-8-13(16)12-14/h13-15,17H,2-12,16H2,1H3. The SMILES string of the molecule is CN(CCCNC1CCC(N)C1)C1CCCCC1. The largest absolute Gasteiger partial charge is 0.328 e. The molecule has 0 radical (unpaired) electrons. The minimum Gasteiger partial charge on any atom is -0.328 e. The Labute approximate surface area is 112 Å². The molecule has 2 aliphatic rings. The second-order valence-electron chi connectivity index (χ2n) is 6.35. The van der Waals surface area contributed by atoms with Gasteiger partial charge in [0.15, 0.2) is 0 Å². The number of rotatable bonds is 6. The summed E-state index contributed by atoms with van der Waals surface area (Å²) in [4.78, 5) is 2.58. The zero-order chi connectivity index (χ0) is 12.8. The first-order valence-electron chi connectivity index (χ1n) is 7.95. The summed E-state index contributed by atoms with van der Waals surface area (Å²) < 4.78 is 0. The van der Waals surface area contributed by atoms with E-state index in [-0.39, 0.29) is 0 Å². The van der Waals surface area contributed by atoms with Gasteiger partial charge in [-0.05, 0) is 58.7 Å². The Morgan fingerprint density at radius 2 is 1.89 bits per heavy atom. The van der Waals surface area contributed by atoms with Gasteiger partial charge in [-0.2, -0.15) is 0 Å². The lowest BCUT2D eigenvalue weighted by atomic mass is 9.94. The van der Waals surface area contributed by atoms with E-state index in [1.54, 1.807) is 0 Å². The van der Waals surface area contributed by atoms with Gasteiger partial charge in [-0.3, -0.25) is 0 Å². The number of nitrogens with one attached hydrogen (secondary N) is 1. The third kappa shape index (κ3) is 4.52. The van der Waals surface area contributed by atoms with E-state index in [0.717, 1.165) is 12.6 Å². The fourth-order valence-electron chi connectivity index (χ4n) is 3.54. The minimum absolute atomic E-state index is 0.451. The van der Waals surface area contributed by atoms with E-state index >= 15 is 0 Å². The van der Waals surface area contributed by atoms with Crippen molar-refractivity contribution in [3.05, 3.63) is 0 Å². The van der Waals surface area contributed by atoms with Gasteiger partial charge in [0.05, 0.1) is 0 Å². The molecule has 0 amide bonds. The molecule has 0 spiro atoms. The lowest BCUT2D eigenvalue weighted by Crippen LogP contribution is -2.36. The molecule has 0 bridgehead atoms. The Balaban J connectivity index is 1.52. The van der Waals surface area contributed by atoms with Crippen molar-refractivity contribution in [3.8, 4) is 0 Å². The van der Waals surface area contributed by atoms with Crippen LogP contribution in [0.1, 0.15) is 57.8 Å². The molecule has 0 saturated heterocycles. The number of hydrogen-bond acceptors (Lipinski definition) is 3. The third-order valence-corrected chi connectivity index (χ3v) is 4.79. The van der Waals surface area contributed by atoms with E-state index < -0.39 is 0 Å². The monoisotopic (exact) mass is 253 g/mol.